The molecule has 0 spiro atoms. The summed E-state index contributed by atoms with van der Waals surface area (Å²) in [6.45, 7) is 0.585. The molecule has 0 atom stereocenters. The van der Waals surface area contributed by atoms with Gasteiger partial charge in [-0.25, -0.2) is 4.39 Å². The van der Waals surface area contributed by atoms with Gasteiger partial charge in [0.15, 0.2) is 0 Å². The topological polar surface area (TPSA) is 29.1 Å². The highest BCUT2D eigenvalue weighted by molar-refractivity contribution is 9.10. The van der Waals surface area contributed by atoms with Crippen LogP contribution < -0.4 is 5.32 Å². The van der Waals surface area contributed by atoms with Gasteiger partial charge in [-0.1, -0.05) is 15.9 Å². The maximum atomic E-state index is 13.1. The maximum absolute atomic E-state index is 13.1. The van der Waals surface area contributed by atoms with E-state index in [-0.39, 0.29) is 5.91 Å². The van der Waals surface area contributed by atoms with Crippen LogP contribution in [0.3, 0.4) is 0 Å². The number of alkyl halides is 1. The van der Waals surface area contributed by atoms with E-state index in [2.05, 4.69) is 37.2 Å². The third kappa shape index (κ3) is 3.91. The number of hydrogen-bond donors (Lipinski definition) is 1. The molecule has 2 nitrogen and oxygen atoms in total. The zero-order valence-corrected chi connectivity index (χ0v) is 11.1. The Morgan fingerprint density at radius 2 is 2.20 bits per heavy atom. The maximum Gasteiger partial charge on any atom is 0.251 e. The Kier molecular flexibility index (Phi) is 5.25. The van der Waals surface area contributed by atoms with E-state index >= 15 is 0 Å². The molecule has 5 heteroatoms. The van der Waals surface area contributed by atoms with E-state index in [0.29, 0.717) is 16.6 Å². The van der Waals surface area contributed by atoms with Crippen molar-refractivity contribution in [3.05, 3.63) is 34.1 Å². The minimum absolute atomic E-state index is 0.248. The molecule has 1 rings (SSSR count). The fourth-order valence-electron chi connectivity index (χ4n) is 1.01. The van der Waals surface area contributed by atoms with Crippen LogP contribution >= 0.6 is 31.9 Å². The first-order valence-corrected chi connectivity index (χ1v) is 6.36. The molecule has 0 aromatic heterocycles. The smallest absolute Gasteiger partial charge is 0.251 e. The van der Waals surface area contributed by atoms with Crippen molar-refractivity contribution in [2.24, 2.45) is 0 Å². The monoisotopic (exact) mass is 337 g/mol. The van der Waals surface area contributed by atoms with Crippen molar-refractivity contribution in [2.75, 3.05) is 11.9 Å². The Bertz CT molecular complexity index is 357. The van der Waals surface area contributed by atoms with E-state index in [1.54, 1.807) is 6.07 Å². The number of carbonyl (C=O) groups excluding carboxylic acids is 1. The van der Waals surface area contributed by atoms with Crippen LogP contribution in [-0.4, -0.2) is 17.8 Å². The number of carbonyl (C=O) groups is 1. The highest BCUT2D eigenvalue weighted by atomic mass is 79.9. The van der Waals surface area contributed by atoms with Gasteiger partial charge in [-0.2, -0.15) is 0 Å². The average Bonchev–Trinajstić information content (AvgIpc) is 2.22. The molecule has 1 aromatic carbocycles. The van der Waals surface area contributed by atoms with Gasteiger partial charge >= 0.3 is 0 Å². The van der Waals surface area contributed by atoms with Crippen LogP contribution in [0.5, 0.6) is 0 Å². The molecule has 0 bridgehead atoms. The van der Waals surface area contributed by atoms with E-state index in [4.69, 9.17) is 0 Å². The summed E-state index contributed by atoms with van der Waals surface area (Å²) in [5.74, 6) is -0.675. The van der Waals surface area contributed by atoms with E-state index in [9.17, 15) is 9.18 Å². The Balaban J connectivity index is 2.62. The third-order valence-corrected chi connectivity index (χ3v) is 2.98. The quantitative estimate of drug-likeness (QED) is 0.663. The second kappa shape index (κ2) is 6.23. The van der Waals surface area contributed by atoms with Crippen molar-refractivity contribution in [2.45, 2.75) is 6.42 Å². The zero-order valence-electron chi connectivity index (χ0n) is 7.90. The summed E-state index contributed by atoms with van der Waals surface area (Å²) in [4.78, 5) is 11.5. The van der Waals surface area contributed by atoms with Crippen LogP contribution in [-0.2, 0) is 0 Å². The Labute approximate surface area is 105 Å². The Hall–Kier alpha value is -0.420. The predicted octanol–water partition coefficient (Wildman–Crippen LogP) is 3.10. The highest BCUT2D eigenvalue weighted by Gasteiger charge is 2.07. The molecule has 0 aliphatic rings. The van der Waals surface area contributed by atoms with Crippen LogP contribution in [0.1, 0.15) is 16.8 Å². The van der Waals surface area contributed by atoms with Crippen LogP contribution in [0.4, 0.5) is 4.39 Å². The summed E-state index contributed by atoms with van der Waals surface area (Å²) in [5, 5.41) is 3.53. The first-order chi connectivity index (χ1) is 7.15. The van der Waals surface area contributed by atoms with Crippen molar-refractivity contribution < 1.29 is 9.18 Å². The summed E-state index contributed by atoms with van der Waals surface area (Å²) in [5.41, 5.74) is 0.338. The number of amides is 1. The lowest BCUT2D eigenvalue weighted by Gasteiger charge is -2.04. The van der Waals surface area contributed by atoms with Gasteiger partial charge in [0, 0.05) is 17.4 Å². The number of hydrogen-bond acceptors (Lipinski definition) is 1. The van der Waals surface area contributed by atoms with Crippen LogP contribution in [0.2, 0.25) is 0 Å². The standard InChI is InChI=1S/C10H10Br2FNO/c11-4-1-5-14-10(15)7-2-3-8(12)9(13)6-7/h2-3,6H,1,4-5H2,(H,14,15). The van der Waals surface area contributed by atoms with E-state index in [1.807, 2.05) is 0 Å². The zero-order chi connectivity index (χ0) is 11.3. The van der Waals surface area contributed by atoms with Crippen LogP contribution in [0.15, 0.2) is 22.7 Å². The lowest BCUT2D eigenvalue weighted by atomic mass is 10.2. The molecule has 0 unspecified atom stereocenters. The van der Waals surface area contributed by atoms with Gasteiger partial charge in [-0.3, -0.25) is 4.79 Å². The number of rotatable bonds is 4. The van der Waals surface area contributed by atoms with Gasteiger partial charge < -0.3 is 5.32 Å². The fraction of sp³-hybridized carbons (Fsp3) is 0.300. The van der Waals surface area contributed by atoms with E-state index in [0.717, 1.165) is 11.8 Å². The first kappa shape index (κ1) is 12.6. The van der Waals surface area contributed by atoms with Gasteiger partial charge in [-0.05, 0) is 40.5 Å². The minimum Gasteiger partial charge on any atom is -0.352 e. The number of halogens is 3. The van der Waals surface area contributed by atoms with Gasteiger partial charge in [0.2, 0.25) is 0 Å². The molecule has 15 heavy (non-hydrogen) atoms. The van der Waals surface area contributed by atoms with Crippen molar-refractivity contribution in [1.29, 1.82) is 0 Å². The normalized spacial score (nSPS) is 10.1. The molecule has 0 fully saturated rings. The molecule has 0 saturated heterocycles. The first-order valence-electron chi connectivity index (χ1n) is 4.44. The Morgan fingerprint density at radius 1 is 1.47 bits per heavy atom. The number of benzene rings is 1. The second-order valence-corrected chi connectivity index (χ2v) is 4.57. The molecule has 0 saturated carbocycles. The van der Waals surface area contributed by atoms with Gasteiger partial charge in [-0.15, -0.1) is 0 Å². The van der Waals surface area contributed by atoms with E-state index in [1.165, 1.54) is 12.1 Å². The molecular weight excluding hydrogens is 329 g/mol. The molecule has 82 valence electrons. The lowest BCUT2D eigenvalue weighted by Crippen LogP contribution is -2.24. The van der Waals surface area contributed by atoms with Gasteiger partial charge in [0.1, 0.15) is 5.82 Å². The molecule has 1 amide bonds. The van der Waals surface area contributed by atoms with E-state index < -0.39 is 5.82 Å². The van der Waals surface area contributed by atoms with Gasteiger partial charge in [0.25, 0.3) is 5.91 Å². The van der Waals surface area contributed by atoms with Crippen molar-refractivity contribution >= 4 is 37.8 Å². The molecule has 0 aliphatic carbocycles. The van der Waals surface area contributed by atoms with Crippen LogP contribution in [0.25, 0.3) is 0 Å². The fourth-order valence-corrected chi connectivity index (χ4v) is 1.54. The van der Waals surface area contributed by atoms with Crippen molar-refractivity contribution in [1.82, 2.24) is 5.32 Å². The summed E-state index contributed by atoms with van der Waals surface area (Å²) in [6, 6.07) is 4.32. The average molecular weight is 339 g/mol. The predicted molar refractivity (Wildman–Crippen MR) is 64.8 cm³/mol. The minimum atomic E-state index is -0.428. The van der Waals surface area contributed by atoms with Crippen molar-refractivity contribution in [3.8, 4) is 0 Å². The Morgan fingerprint density at radius 3 is 2.80 bits per heavy atom. The van der Waals surface area contributed by atoms with Crippen LogP contribution in [0, 0.1) is 5.82 Å². The highest BCUT2D eigenvalue weighted by Crippen LogP contribution is 2.16. The van der Waals surface area contributed by atoms with Crippen molar-refractivity contribution in [3.63, 3.8) is 0 Å². The molecular formula is C10H10Br2FNO. The third-order valence-electron chi connectivity index (χ3n) is 1.78. The second-order valence-electron chi connectivity index (χ2n) is 2.93. The van der Waals surface area contributed by atoms with Gasteiger partial charge in [0.05, 0.1) is 4.47 Å². The molecule has 0 radical (unpaired) electrons. The SMILES string of the molecule is O=C(NCCCBr)c1ccc(Br)c(F)c1. The molecule has 1 N–H and O–H groups in total. The summed E-state index contributed by atoms with van der Waals surface area (Å²) >= 11 is 6.29. The molecule has 1 aromatic rings. The molecule has 0 heterocycles. The lowest BCUT2D eigenvalue weighted by molar-refractivity contribution is 0.0953. The largest absolute Gasteiger partial charge is 0.352 e. The summed E-state index contributed by atoms with van der Waals surface area (Å²) < 4.78 is 13.5. The number of nitrogens with one attached hydrogen (secondary N) is 1. The summed E-state index contributed by atoms with van der Waals surface area (Å²) in [7, 11) is 0. The summed E-state index contributed by atoms with van der Waals surface area (Å²) in [6.07, 6.45) is 0.852. The molecule has 0 aliphatic heterocycles.